The highest BCUT2D eigenvalue weighted by atomic mass is 14.7. The van der Waals surface area contributed by atoms with Gasteiger partial charge < -0.3 is 5.73 Å². The van der Waals surface area contributed by atoms with Crippen LogP contribution in [0.2, 0.25) is 0 Å². The van der Waals surface area contributed by atoms with Crippen molar-refractivity contribution in [3.63, 3.8) is 0 Å². The van der Waals surface area contributed by atoms with Crippen LogP contribution in [-0.4, -0.2) is 6.54 Å². The van der Waals surface area contributed by atoms with Crippen molar-refractivity contribution in [1.82, 2.24) is 0 Å². The van der Waals surface area contributed by atoms with Crippen molar-refractivity contribution in [2.75, 3.05) is 6.54 Å². The fourth-order valence-corrected chi connectivity index (χ4v) is 2.98. The molecule has 0 aromatic heterocycles. The summed E-state index contributed by atoms with van der Waals surface area (Å²) >= 11 is 0. The molecule has 2 aliphatic rings. The van der Waals surface area contributed by atoms with Gasteiger partial charge in [0.05, 0.1) is 0 Å². The molecule has 13 heavy (non-hydrogen) atoms. The Labute approximate surface area is 81.4 Å². The Kier molecular flexibility index (Phi) is 2.46. The smallest absolute Gasteiger partial charge is 0.00601 e. The third-order valence-corrected chi connectivity index (χ3v) is 4.26. The van der Waals surface area contributed by atoms with Gasteiger partial charge in [-0.2, -0.15) is 0 Å². The zero-order valence-corrected chi connectivity index (χ0v) is 8.68. The first-order valence-electron chi connectivity index (χ1n) is 5.69. The Morgan fingerprint density at radius 3 is 2.77 bits per heavy atom. The average molecular weight is 179 g/mol. The minimum absolute atomic E-state index is 0.431. The Bertz CT molecular complexity index is 215. The summed E-state index contributed by atoms with van der Waals surface area (Å²) in [5.41, 5.74) is 8.07. The molecular formula is C12H21N. The van der Waals surface area contributed by atoms with Crippen molar-refractivity contribution in [2.45, 2.75) is 45.4 Å². The summed E-state index contributed by atoms with van der Waals surface area (Å²) in [5, 5.41) is 0. The molecule has 2 rings (SSSR count). The predicted octanol–water partition coefficient (Wildman–Crippen LogP) is 2.86. The molecule has 2 unspecified atom stereocenters. The van der Waals surface area contributed by atoms with Crippen LogP contribution in [0, 0.1) is 11.3 Å². The molecule has 0 amide bonds. The summed E-state index contributed by atoms with van der Waals surface area (Å²) in [6.07, 6.45) is 10.6. The second kappa shape index (κ2) is 3.45. The molecule has 0 bridgehead atoms. The van der Waals surface area contributed by atoms with E-state index < -0.39 is 0 Å². The summed E-state index contributed by atoms with van der Waals surface area (Å²) in [7, 11) is 0. The normalized spacial score (nSPS) is 39.5. The Balaban J connectivity index is 2.15. The van der Waals surface area contributed by atoms with Crippen molar-refractivity contribution in [3.8, 4) is 0 Å². The van der Waals surface area contributed by atoms with Crippen molar-refractivity contribution in [2.24, 2.45) is 17.1 Å². The molecule has 1 nitrogen and oxygen atoms in total. The molecule has 1 heteroatoms. The van der Waals surface area contributed by atoms with E-state index in [1.165, 1.54) is 38.5 Å². The number of nitrogens with two attached hydrogens (primary N) is 1. The Morgan fingerprint density at radius 1 is 1.54 bits per heavy atom. The van der Waals surface area contributed by atoms with E-state index in [4.69, 9.17) is 5.73 Å². The highest BCUT2D eigenvalue weighted by Gasteiger charge is 2.45. The lowest BCUT2D eigenvalue weighted by Crippen LogP contribution is -2.46. The van der Waals surface area contributed by atoms with E-state index in [1.807, 2.05) is 0 Å². The van der Waals surface area contributed by atoms with Gasteiger partial charge in [0.1, 0.15) is 0 Å². The second-order valence-electron chi connectivity index (χ2n) is 4.78. The molecular weight excluding hydrogens is 158 g/mol. The third kappa shape index (κ3) is 1.34. The molecule has 0 saturated heterocycles. The van der Waals surface area contributed by atoms with E-state index >= 15 is 0 Å². The zero-order chi connectivity index (χ0) is 9.31. The largest absolute Gasteiger partial charge is 0.330 e. The standard InChI is InChI=1S/C12H21N/c1-10-7-8-12(10,9-13)11-5-3-2-4-6-11/h5,10H,2-4,6-9,13H2,1H3. The summed E-state index contributed by atoms with van der Waals surface area (Å²) in [4.78, 5) is 0. The highest BCUT2D eigenvalue weighted by molar-refractivity contribution is 5.22. The lowest BCUT2D eigenvalue weighted by molar-refractivity contribution is 0.0903. The van der Waals surface area contributed by atoms with Crippen LogP contribution in [0.5, 0.6) is 0 Å². The van der Waals surface area contributed by atoms with Gasteiger partial charge in [-0.05, 0) is 44.4 Å². The van der Waals surface area contributed by atoms with Gasteiger partial charge in [-0.3, -0.25) is 0 Å². The van der Waals surface area contributed by atoms with Crippen molar-refractivity contribution < 1.29 is 0 Å². The lowest BCUT2D eigenvalue weighted by Gasteiger charge is -2.50. The van der Waals surface area contributed by atoms with Gasteiger partial charge in [-0.1, -0.05) is 18.6 Å². The molecule has 1 fully saturated rings. The number of hydrogen-bond donors (Lipinski definition) is 1. The Hall–Kier alpha value is -0.300. The van der Waals surface area contributed by atoms with Gasteiger partial charge in [0.2, 0.25) is 0 Å². The number of allylic oxidation sites excluding steroid dienone is 1. The van der Waals surface area contributed by atoms with Crippen LogP contribution in [0.4, 0.5) is 0 Å². The molecule has 0 aliphatic heterocycles. The molecule has 2 aliphatic carbocycles. The number of hydrogen-bond acceptors (Lipinski definition) is 1. The Morgan fingerprint density at radius 2 is 2.38 bits per heavy atom. The van der Waals surface area contributed by atoms with Crippen LogP contribution >= 0.6 is 0 Å². The first-order valence-corrected chi connectivity index (χ1v) is 5.69. The molecule has 0 radical (unpaired) electrons. The summed E-state index contributed by atoms with van der Waals surface area (Å²) < 4.78 is 0. The molecule has 0 aromatic rings. The van der Waals surface area contributed by atoms with E-state index in [0.29, 0.717) is 5.41 Å². The topological polar surface area (TPSA) is 26.0 Å². The monoisotopic (exact) mass is 179 g/mol. The van der Waals surface area contributed by atoms with E-state index in [0.717, 1.165) is 12.5 Å². The van der Waals surface area contributed by atoms with Gasteiger partial charge in [-0.25, -0.2) is 0 Å². The molecule has 0 heterocycles. The molecule has 0 spiro atoms. The van der Waals surface area contributed by atoms with Gasteiger partial charge in [0.25, 0.3) is 0 Å². The van der Waals surface area contributed by atoms with Crippen LogP contribution in [0.3, 0.4) is 0 Å². The van der Waals surface area contributed by atoms with Crippen molar-refractivity contribution in [3.05, 3.63) is 11.6 Å². The van der Waals surface area contributed by atoms with E-state index in [1.54, 1.807) is 5.57 Å². The van der Waals surface area contributed by atoms with Crippen LogP contribution in [0.1, 0.15) is 45.4 Å². The maximum atomic E-state index is 5.95. The fourth-order valence-electron chi connectivity index (χ4n) is 2.98. The summed E-state index contributed by atoms with van der Waals surface area (Å²) in [6, 6.07) is 0. The molecule has 1 saturated carbocycles. The maximum absolute atomic E-state index is 5.95. The SMILES string of the molecule is CC1CCC1(CN)C1=CCCCC1. The van der Waals surface area contributed by atoms with Gasteiger partial charge in [0.15, 0.2) is 0 Å². The van der Waals surface area contributed by atoms with E-state index in [-0.39, 0.29) is 0 Å². The van der Waals surface area contributed by atoms with E-state index in [2.05, 4.69) is 13.0 Å². The van der Waals surface area contributed by atoms with Gasteiger partial charge in [-0.15, -0.1) is 0 Å². The van der Waals surface area contributed by atoms with Gasteiger partial charge in [0, 0.05) is 12.0 Å². The summed E-state index contributed by atoms with van der Waals surface area (Å²) in [5.74, 6) is 0.835. The van der Waals surface area contributed by atoms with Crippen LogP contribution in [0.25, 0.3) is 0 Å². The first-order chi connectivity index (χ1) is 6.29. The average Bonchev–Trinajstić information content (AvgIpc) is 2.19. The number of rotatable bonds is 2. The zero-order valence-electron chi connectivity index (χ0n) is 8.68. The van der Waals surface area contributed by atoms with E-state index in [9.17, 15) is 0 Å². The van der Waals surface area contributed by atoms with Gasteiger partial charge >= 0.3 is 0 Å². The quantitative estimate of drug-likeness (QED) is 0.648. The first kappa shape index (κ1) is 9.26. The minimum Gasteiger partial charge on any atom is -0.330 e. The molecule has 2 N–H and O–H groups in total. The highest BCUT2D eigenvalue weighted by Crippen LogP contribution is 2.53. The summed E-state index contributed by atoms with van der Waals surface area (Å²) in [6.45, 7) is 3.24. The van der Waals surface area contributed by atoms with Crippen LogP contribution in [0.15, 0.2) is 11.6 Å². The molecule has 2 atom stereocenters. The fraction of sp³-hybridized carbons (Fsp3) is 0.833. The third-order valence-electron chi connectivity index (χ3n) is 4.26. The molecule has 74 valence electrons. The lowest BCUT2D eigenvalue weighted by atomic mass is 9.55. The van der Waals surface area contributed by atoms with Crippen molar-refractivity contribution >= 4 is 0 Å². The second-order valence-corrected chi connectivity index (χ2v) is 4.78. The minimum atomic E-state index is 0.431. The predicted molar refractivity (Wildman–Crippen MR) is 56.4 cm³/mol. The van der Waals surface area contributed by atoms with Crippen LogP contribution in [-0.2, 0) is 0 Å². The van der Waals surface area contributed by atoms with Crippen LogP contribution < -0.4 is 5.73 Å². The molecule has 0 aromatic carbocycles. The van der Waals surface area contributed by atoms with Crippen molar-refractivity contribution in [1.29, 1.82) is 0 Å². The maximum Gasteiger partial charge on any atom is 0.00601 e.